The van der Waals surface area contributed by atoms with Gasteiger partial charge in [-0.1, -0.05) is 31.4 Å². The number of aliphatic hydroxyl groups excluding tert-OH is 1. The summed E-state index contributed by atoms with van der Waals surface area (Å²) in [6.45, 7) is 4.00. The number of rotatable bonds is 8. The van der Waals surface area contributed by atoms with Crippen molar-refractivity contribution in [3.63, 3.8) is 0 Å². The van der Waals surface area contributed by atoms with Crippen molar-refractivity contribution in [3.05, 3.63) is 29.8 Å². The van der Waals surface area contributed by atoms with Crippen LogP contribution in [0.3, 0.4) is 0 Å². The Morgan fingerprint density at radius 1 is 1.42 bits per heavy atom. The van der Waals surface area contributed by atoms with Gasteiger partial charge in [0.2, 0.25) is 0 Å². The third kappa shape index (κ3) is 5.21. The number of aryl methyl sites for hydroxylation is 1. The molecule has 2 rings (SSSR count). The fourth-order valence-corrected chi connectivity index (χ4v) is 2.31. The van der Waals surface area contributed by atoms with Crippen molar-refractivity contribution in [1.29, 1.82) is 0 Å². The van der Waals surface area contributed by atoms with Gasteiger partial charge in [-0.25, -0.2) is 0 Å². The van der Waals surface area contributed by atoms with E-state index >= 15 is 0 Å². The van der Waals surface area contributed by atoms with Gasteiger partial charge in [0.05, 0.1) is 0 Å². The highest BCUT2D eigenvalue weighted by atomic mass is 16.5. The highest BCUT2D eigenvalue weighted by Gasteiger charge is 2.16. The lowest BCUT2D eigenvalue weighted by atomic mass is 9.83. The Kier molecular flexibility index (Phi) is 5.67. The van der Waals surface area contributed by atoms with Gasteiger partial charge in [0.1, 0.15) is 18.5 Å². The molecule has 0 bridgehead atoms. The molecule has 0 amide bonds. The van der Waals surface area contributed by atoms with E-state index in [1.165, 1.54) is 31.2 Å². The molecule has 3 heteroatoms. The average Bonchev–Trinajstić information content (AvgIpc) is 2.34. The second kappa shape index (κ2) is 7.51. The van der Waals surface area contributed by atoms with E-state index in [9.17, 15) is 5.11 Å². The van der Waals surface area contributed by atoms with Crippen LogP contribution in [-0.4, -0.2) is 30.9 Å². The average molecular weight is 263 g/mol. The summed E-state index contributed by atoms with van der Waals surface area (Å²) in [6, 6.07) is 7.90. The second-order valence-electron chi connectivity index (χ2n) is 5.57. The first kappa shape index (κ1) is 14.4. The van der Waals surface area contributed by atoms with Gasteiger partial charge in [-0.15, -0.1) is 0 Å². The molecule has 1 aliphatic carbocycles. The van der Waals surface area contributed by atoms with Crippen molar-refractivity contribution in [3.8, 4) is 5.75 Å². The zero-order valence-electron chi connectivity index (χ0n) is 11.8. The summed E-state index contributed by atoms with van der Waals surface area (Å²) in [4.78, 5) is 0. The maximum atomic E-state index is 9.83. The van der Waals surface area contributed by atoms with Crippen LogP contribution in [0.2, 0.25) is 0 Å². The summed E-state index contributed by atoms with van der Waals surface area (Å²) in [5.41, 5.74) is 1.17. The molecule has 1 saturated carbocycles. The number of hydrogen-bond donors (Lipinski definition) is 2. The Bertz CT molecular complexity index is 377. The van der Waals surface area contributed by atoms with Gasteiger partial charge in [0, 0.05) is 6.54 Å². The second-order valence-corrected chi connectivity index (χ2v) is 5.57. The van der Waals surface area contributed by atoms with E-state index < -0.39 is 6.10 Å². The van der Waals surface area contributed by atoms with Crippen LogP contribution in [0.4, 0.5) is 0 Å². The van der Waals surface area contributed by atoms with Gasteiger partial charge in [-0.05, 0) is 43.5 Å². The summed E-state index contributed by atoms with van der Waals surface area (Å²) in [5.74, 6) is 1.75. The molecule has 0 aliphatic heterocycles. The molecule has 0 aromatic heterocycles. The molecule has 0 radical (unpaired) electrons. The molecule has 1 fully saturated rings. The molecule has 1 aromatic rings. The van der Waals surface area contributed by atoms with Crippen LogP contribution in [0.1, 0.15) is 31.2 Å². The minimum absolute atomic E-state index is 0.347. The third-order valence-corrected chi connectivity index (χ3v) is 3.77. The van der Waals surface area contributed by atoms with E-state index in [0.717, 1.165) is 18.2 Å². The molecule has 106 valence electrons. The van der Waals surface area contributed by atoms with Crippen molar-refractivity contribution in [2.75, 3.05) is 19.7 Å². The molecule has 3 nitrogen and oxygen atoms in total. The van der Waals surface area contributed by atoms with Crippen LogP contribution < -0.4 is 10.1 Å². The molecule has 0 saturated heterocycles. The molecular weight excluding hydrogens is 238 g/mol. The Labute approximate surface area is 116 Å². The van der Waals surface area contributed by atoms with Gasteiger partial charge in [-0.3, -0.25) is 0 Å². The van der Waals surface area contributed by atoms with Crippen molar-refractivity contribution in [1.82, 2.24) is 5.32 Å². The number of aliphatic hydroxyl groups is 1. The van der Waals surface area contributed by atoms with E-state index in [2.05, 4.69) is 5.32 Å². The standard InChI is InChI=1S/C16H25NO2/c1-13-4-2-7-16(10-13)19-12-15(18)11-17-9-8-14-5-3-6-14/h2,4,7,10,14-15,17-18H,3,5-6,8-9,11-12H2,1H3. The predicted molar refractivity (Wildman–Crippen MR) is 77.5 cm³/mol. The smallest absolute Gasteiger partial charge is 0.119 e. The van der Waals surface area contributed by atoms with E-state index in [1.54, 1.807) is 0 Å². The van der Waals surface area contributed by atoms with E-state index in [1.807, 2.05) is 31.2 Å². The van der Waals surface area contributed by atoms with Crippen molar-refractivity contribution >= 4 is 0 Å². The van der Waals surface area contributed by atoms with Gasteiger partial charge >= 0.3 is 0 Å². The quantitative estimate of drug-likeness (QED) is 0.708. The lowest BCUT2D eigenvalue weighted by molar-refractivity contribution is 0.105. The molecule has 2 N–H and O–H groups in total. The zero-order chi connectivity index (χ0) is 13.5. The first-order chi connectivity index (χ1) is 9.24. The fraction of sp³-hybridized carbons (Fsp3) is 0.625. The summed E-state index contributed by atoms with van der Waals surface area (Å²) in [5, 5.41) is 13.1. The molecule has 1 atom stereocenters. The van der Waals surface area contributed by atoms with Gasteiger partial charge < -0.3 is 15.2 Å². The van der Waals surface area contributed by atoms with Crippen LogP contribution in [0, 0.1) is 12.8 Å². The summed E-state index contributed by atoms with van der Waals surface area (Å²) in [7, 11) is 0. The molecule has 1 unspecified atom stereocenters. The maximum Gasteiger partial charge on any atom is 0.119 e. The van der Waals surface area contributed by atoms with Crippen LogP contribution in [0.5, 0.6) is 5.75 Å². The van der Waals surface area contributed by atoms with Crippen molar-refractivity contribution < 1.29 is 9.84 Å². The maximum absolute atomic E-state index is 9.83. The summed E-state index contributed by atoms with van der Waals surface area (Å²) in [6.07, 6.45) is 4.98. The molecule has 19 heavy (non-hydrogen) atoms. The lowest BCUT2D eigenvalue weighted by Crippen LogP contribution is -2.33. The number of ether oxygens (including phenoxy) is 1. The van der Waals surface area contributed by atoms with E-state index in [-0.39, 0.29) is 0 Å². The van der Waals surface area contributed by atoms with E-state index in [0.29, 0.717) is 13.2 Å². The van der Waals surface area contributed by atoms with Crippen molar-refractivity contribution in [2.45, 2.75) is 38.7 Å². The molecule has 1 aliphatic rings. The van der Waals surface area contributed by atoms with E-state index in [4.69, 9.17) is 4.74 Å². The zero-order valence-corrected chi connectivity index (χ0v) is 11.8. The van der Waals surface area contributed by atoms with Gasteiger partial charge in [-0.2, -0.15) is 0 Å². The normalized spacial score (nSPS) is 16.9. The Morgan fingerprint density at radius 3 is 2.95 bits per heavy atom. The molecule has 1 aromatic carbocycles. The minimum Gasteiger partial charge on any atom is -0.491 e. The largest absolute Gasteiger partial charge is 0.491 e. The monoisotopic (exact) mass is 263 g/mol. The Hall–Kier alpha value is -1.06. The lowest BCUT2D eigenvalue weighted by Gasteiger charge is -2.25. The predicted octanol–water partition coefficient (Wildman–Crippen LogP) is 2.51. The highest BCUT2D eigenvalue weighted by molar-refractivity contribution is 5.27. The first-order valence-electron chi connectivity index (χ1n) is 7.32. The fourth-order valence-electron chi connectivity index (χ4n) is 2.31. The first-order valence-corrected chi connectivity index (χ1v) is 7.32. The Balaban J connectivity index is 1.54. The number of hydrogen-bond acceptors (Lipinski definition) is 3. The minimum atomic E-state index is -0.443. The van der Waals surface area contributed by atoms with Gasteiger partial charge in [0.25, 0.3) is 0 Å². The highest BCUT2D eigenvalue weighted by Crippen LogP contribution is 2.28. The SMILES string of the molecule is Cc1cccc(OCC(O)CNCCC2CCC2)c1. The topological polar surface area (TPSA) is 41.5 Å². The summed E-state index contributed by atoms with van der Waals surface area (Å²) >= 11 is 0. The molecule has 0 spiro atoms. The van der Waals surface area contributed by atoms with Crippen LogP contribution in [-0.2, 0) is 0 Å². The number of nitrogens with one attached hydrogen (secondary N) is 1. The summed E-state index contributed by atoms with van der Waals surface area (Å²) < 4.78 is 5.57. The Morgan fingerprint density at radius 2 is 2.26 bits per heavy atom. The third-order valence-electron chi connectivity index (χ3n) is 3.77. The van der Waals surface area contributed by atoms with Crippen LogP contribution >= 0.6 is 0 Å². The molecule has 0 heterocycles. The van der Waals surface area contributed by atoms with Crippen molar-refractivity contribution in [2.24, 2.45) is 5.92 Å². The van der Waals surface area contributed by atoms with Gasteiger partial charge in [0.15, 0.2) is 0 Å². The molecular formula is C16H25NO2. The number of benzene rings is 1. The van der Waals surface area contributed by atoms with Crippen LogP contribution in [0.25, 0.3) is 0 Å². The van der Waals surface area contributed by atoms with Crippen LogP contribution in [0.15, 0.2) is 24.3 Å².